The van der Waals surface area contributed by atoms with Crippen molar-refractivity contribution in [3.05, 3.63) is 59.7 Å². The van der Waals surface area contributed by atoms with Gasteiger partial charge in [0, 0.05) is 0 Å². The van der Waals surface area contributed by atoms with E-state index < -0.39 is 5.97 Å². The predicted octanol–water partition coefficient (Wildman–Crippen LogP) is 3.06. The molecule has 0 bridgehead atoms. The van der Waals surface area contributed by atoms with Crippen LogP contribution in [0.1, 0.15) is 31.0 Å². The van der Waals surface area contributed by atoms with Crippen LogP contribution >= 0.6 is 0 Å². The van der Waals surface area contributed by atoms with E-state index in [0.717, 1.165) is 12.0 Å². The maximum Gasteiger partial charge on any atom is 0.344 e. The predicted molar refractivity (Wildman–Crippen MR) is 102 cm³/mol. The fourth-order valence-corrected chi connectivity index (χ4v) is 2.41. The SMILES string of the molecule is CCc1ccc([C@@H](C)NC(=O)COC(=O)COc2ccc(OC)cc2)cc1. The van der Waals surface area contributed by atoms with E-state index in [4.69, 9.17) is 14.2 Å². The molecule has 27 heavy (non-hydrogen) atoms. The number of methoxy groups -OCH3 is 1. The van der Waals surface area contributed by atoms with Crippen molar-refractivity contribution in [3.63, 3.8) is 0 Å². The lowest BCUT2D eigenvalue weighted by Gasteiger charge is -2.15. The number of rotatable bonds is 9. The Morgan fingerprint density at radius 3 is 2.19 bits per heavy atom. The minimum absolute atomic E-state index is 0.169. The minimum atomic E-state index is -0.610. The number of hydrogen-bond donors (Lipinski definition) is 1. The zero-order valence-corrected chi connectivity index (χ0v) is 15.9. The summed E-state index contributed by atoms with van der Waals surface area (Å²) in [7, 11) is 1.57. The molecule has 0 fully saturated rings. The summed E-state index contributed by atoms with van der Waals surface area (Å²) >= 11 is 0. The molecule has 6 heteroatoms. The molecule has 0 saturated heterocycles. The van der Waals surface area contributed by atoms with Crippen LogP contribution in [0, 0.1) is 0 Å². The first kappa shape index (κ1) is 20.3. The Balaban J connectivity index is 1.71. The number of ether oxygens (including phenoxy) is 3. The Hall–Kier alpha value is -3.02. The fourth-order valence-electron chi connectivity index (χ4n) is 2.41. The van der Waals surface area contributed by atoms with Crippen LogP contribution in [0.4, 0.5) is 0 Å². The van der Waals surface area contributed by atoms with Gasteiger partial charge < -0.3 is 19.5 Å². The molecule has 0 unspecified atom stereocenters. The van der Waals surface area contributed by atoms with E-state index in [1.807, 2.05) is 31.2 Å². The summed E-state index contributed by atoms with van der Waals surface area (Å²) in [5, 5.41) is 2.80. The number of amides is 1. The second-order valence-corrected chi connectivity index (χ2v) is 6.01. The van der Waals surface area contributed by atoms with Gasteiger partial charge in [-0.3, -0.25) is 4.79 Å². The van der Waals surface area contributed by atoms with Gasteiger partial charge in [0.05, 0.1) is 13.2 Å². The summed E-state index contributed by atoms with van der Waals surface area (Å²) in [6.07, 6.45) is 0.968. The average molecular weight is 371 g/mol. The molecule has 1 amide bonds. The summed E-state index contributed by atoms with van der Waals surface area (Å²) in [5.74, 6) is 0.238. The van der Waals surface area contributed by atoms with Crippen LogP contribution in [0.25, 0.3) is 0 Å². The lowest BCUT2D eigenvalue weighted by atomic mass is 10.1. The number of carbonyl (C=O) groups is 2. The molecular weight excluding hydrogens is 346 g/mol. The molecule has 1 N–H and O–H groups in total. The number of hydrogen-bond acceptors (Lipinski definition) is 5. The number of aryl methyl sites for hydroxylation is 1. The van der Waals surface area contributed by atoms with E-state index in [1.54, 1.807) is 31.4 Å². The first-order chi connectivity index (χ1) is 13.0. The van der Waals surface area contributed by atoms with Gasteiger partial charge >= 0.3 is 5.97 Å². The first-order valence-corrected chi connectivity index (χ1v) is 8.82. The molecule has 6 nitrogen and oxygen atoms in total. The van der Waals surface area contributed by atoms with Gasteiger partial charge in [-0.05, 0) is 48.7 Å². The molecule has 0 spiro atoms. The number of nitrogens with one attached hydrogen (secondary N) is 1. The lowest BCUT2D eigenvalue weighted by molar-refractivity contribution is -0.150. The van der Waals surface area contributed by atoms with Crippen molar-refractivity contribution in [3.8, 4) is 11.5 Å². The van der Waals surface area contributed by atoms with Crippen molar-refractivity contribution in [2.45, 2.75) is 26.3 Å². The molecule has 1 atom stereocenters. The zero-order chi connectivity index (χ0) is 19.6. The van der Waals surface area contributed by atoms with Crippen LogP contribution in [-0.2, 0) is 20.7 Å². The van der Waals surface area contributed by atoms with E-state index in [-0.39, 0.29) is 25.2 Å². The van der Waals surface area contributed by atoms with E-state index in [0.29, 0.717) is 11.5 Å². The van der Waals surface area contributed by atoms with Crippen molar-refractivity contribution >= 4 is 11.9 Å². The van der Waals surface area contributed by atoms with Crippen LogP contribution in [0.15, 0.2) is 48.5 Å². The van der Waals surface area contributed by atoms with E-state index in [1.165, 1.54) is 5.56 Å². The molecule has 0 saturated carbocycles. The Morgan fingerprint density at radius 1 is 0.963 bits per heavy atom. The molecule has 0 aliphatic carbocycles. The maximum atomic E-state index is 12.0. The summed E-state index contributed by atoms with van der Waals surface area (Å²) in [6, 6.07) is 14.7. The smallest absolute Gasteiger partial charge is 0.344 e. The summed E-state index contributed by atoms with van der Waals surface area (Å²) in [4.78, 5) is 23.7. The monoisotopic (exact) mass is 371 g/mol. The highest BCUT2D eigenvalue weighted by molar-refractivity contribution is 5.81. The van der Waals surface area contributed by atoms with Crippen LogP contribution in [-0.4, -0.2) is 32.2 Å². The Kier molecular flexibility index (Phi) is 7.67. The standard InChI is InChI=1S/C21H25NO5/c1-4-16-5-7-17(8-6-16)15(2)22-20(23)13-27-21(24)14-26-19-11-9-18(25-3)10-12-19/h5-12,15H,4,13-14H2,1-3H3,(H,22,23)/t15-/m1/s1. The average Bonchev–Trinajstić information content (AvgIpc) is 2.71. The summed E-state index contributed by atoms with van der Waals surface area (Å²) in [5.41, 5.74) is 2.23. The highest BCUT2D eigenvalue weighted by Crippen LogP contribution is 2.17. The summed E-state index contributed by atoms with van der Waals surface area (Å²) < 4.78 is 15.3. The van der Waals surface area contributed by atoms with Crippen LogP contribution < -0.4 is 14.8 Å². The topological polar surface area (TPSA) is 73.9 Å². The Bertz CT molecular complexity index is 740. The van der Waals surface area contributed by atoms with Crippen LogP contribution in [0.5, 0.6) is 11.5 Å². The third kappa shape index (κ3) is 6.66. The lowest BCUT2D eigenvalue weighted by Crippen LogP contribution is -2.31. The highest BCUT2D eigenvalue weighted by atomic mass is 16.6. The third-order valence-corrected chi connectivity index (χ3v) is 4.05. The van der Waals surface area contributed by atoms with Gasteiger partial charge in [-0.25, -0.2) is 4.79 Å². The van der Waals surface area contributed by atoms with Gasteiger partial charge in [0.15, 0.2) is 13.2 Å². The molecular formula is C21H25NO5. The molecule has 0 aromatic heterocycles. The molecule has 0 radical (unpaired) electrons. The second-order valence-electron chi connectivity index (χ2n) is 6.01. The zero-order valence-electron chi connectivity index (χ0n) is 15.9. The fraction of sp³-hybridized carbons (Fsp3) is 0.333. The third-order valence-electron chi connectivity index (χ3n) is 4.05. The molecule has 144 valence electrons. The largest absolute Gasteiger partial charge is 0.497 e. The van der Waals surface area contributed by atoms with Gasteiger partial charge in [-0.1, -0.05) is 31.2 Å². The van der Waals surface area contributed by atoms with Gasteiger partial charge in [0.25, 0.3) is 5.91 Å². The molecule has 2 rings (SSSR count). The van der Waals surface area contributed by atoms with Gasteiger partial charge in [0.2, 0.25) is 0 Å². The maximum absolute atomic E-state index is 12.0. The Morgan fingerprint density at radius 2 is 1.59 bits per heavy atom. The van der Waals surface area contributed by atoms with Gasteiger partial charge in [-0.15, -0.1) is 0 Å². The van der Waals surface area contributed by atoms with Crippen LogP contribution in [0.3, 0.4) is 0 Å². The van der Waals surface area contributed by atoms with Gasteiger partial charge in [-0.2, -0.15) is 0 Å². The van der Waals surface area contributed by atoms with Crippen molar-refractivity contribution in [2.75, 3.05) is 20.3 Å². The molecule has 0 heterocycles. The first-order valence-electron chi connectivity index (χ1n) is 8.82. The summed E-state index contributed by atoms with van der Waals surface area (Å²) in [6.45, 7) is 3.36. The molecule has 0 aliphatic heterocycles. The normalized spacial score (nSPS) is 11.4. The van der Waals surface area contributed by atoms with Crippen molar-refractivity contribution < 1.29 is 23.8 Å². The highest BCUT2D eigenvalue weighted by Gasteiger charge is 2.12. The van der Waals surface area contributed by atoms with Crippen LogP contribution in [0.2, 0.25) is 0 Å². The van der Waals surface area contributed by atoms with E-state index >= 15 is 0 Å². The van der Waals surface area contributed by atoms with E-state index in [2.05, 4.69) is 12.2 Å². The number of carbonyl (C=O) groups excluding carboxylic acids is 2. The number of esters is 1. The van der Waals surface area contributed by atoms with Crippen molar-refractivity contribution in [1.82, 2.24) is 5.32 Å². The van der Waals surface area contributed by atoms with Crippen molar-refractivity contribution in [1.29, 1.82) is 0 Å². The molecule has 2 aromatic carbocycles. The quantitative estimate of drug-likeness (QED) is 0.686. The molecule has 2 aromatic rings. The minimum Gasteiger partial charge on any atom is -0.497 e. The van der Waals surface area contributed by atoms with E-state index in [9.17, 15) is 9.59 Å². The molecule has 0 aliphatic rings. The van der Waals surface area contributed by atoms with Gasteiger partial charge in [0.1, 0.15) is 11.5 Å². The Labute approximate surface area is 159 Å². The van der Waals surface area contributed by atoms with Crippen molar-refractivity contribution in [2.24, 2.45) is 0 Å². The second kappa shape index (κ2) is 10.2. The number of benzene rings is 2.